The molecule has 5 heteroatoms. The predicted molar refractivity (Wildman–Crippen MR) is 50.0 cm³/mol. The van der Waals surface area contributed by atoms with Gasteiger partial charge < -0.3 is 4.74 Å². The van der Waals surface area contributed by atoms with Gasteiger partial charge in [-0.15, -0.1) is 0 Å². The average Bonchev–Trinajstić information content (AvgIpc) is 2.19. The van der Waals surface area contributed by atoms with Crippen LogP contribution in [0.5, 0.6) is 0 Å². The average molecular weight is 211 g/mol. The fraction of sp³-hybridized carbons (Fsp3) is 0.222. The minimum Gasteiger partial charge on any atom is -0.464 e. The van der Waals surface area contributed by atoms with E-state index in [4.69, 9.17) is 16.9 Å². The number of ether oxygens (including phenoxy) is 1. The van der Waals surface area contributed by atoms with E-state index in [9.17, 15) is 4.79 Å². The maximum absolute atomic E-state index is 11.2. The van der Waals surface area contributed by atoms with E-state index in [1.807, 2.05) is 6.07 Å². The number of aromatic nitrogens is 1. The largest absolute Gasteiger partial charge is 0.464 e. The molecule has 0 atom stereocenters. The molecule has 0 spiro atoms. The minimum atomic E-state index is -0.561. The summed E-state index contributed by atoms with van der Waals surface area (Å²) in [4.78, 5) is 14.9. The number of methoxy groups -OCH3 is 1. The van der Waals surface area contributed by atoms with Crippen LogP contribution in [0.4, 0.5) is 0 Å². The Bertz CT molecular complexity index is 424. The number of hydrogen-bond donors (Lipinski definition) is 0. The van der Waals surface area contributed by atoms with Gasteiger partial charge in [-0.3, -0.25) is 0 Å². The third-order valence-electron chi connectivity index (χ3n) is 1.67. The monoisotopic (exact) mass is 210 g/mol. The van der Waals surface area contributed by atoms with E-state index in [0.717, 1.165) is 0 Å². The Morgan fingerprint density at radius 3 is 2.86 bits per heavy atom. The van der Waals surface area contributed by atoms with Gasteiger partial charge in [-0.1, -0.05) is 11.6 Å². The van der Waals surface area contributed by atoms with E-state index < -0.39 is 5.97 Å². The zero-order valence-corrected chi connectivity index (χ0v) is 8.42. The van der Waals surface area contributed by atoms with Crippen molar-refractivity contribution in [3.8, 4) is 6.07 Å². The number of hydrogen-bond acceptors (Lipinski definition) is 4. The number of nitriles is 1. The van der Waals surface area contributed by atoms with Crippen LogP contribution in [0.15, 0.2) is 6.07 Å². The number of aryl methyl sites for hydroxylation is 1. The zero-order valence-electron chi connectivity index (χ0n) is 7.67. The molecule has 0 amide bonds. The Balaban J connectivity index is 3.30. The molecule has 1 heterocycles. The molecule has 14 heavy (non-hydrogen) atoms. The zero-order chi connectivity index (χ0) is 10.7. The van der Waals surface area contributed by atoms with E-state index >= 15 is 0 Å². The van der Waals surface area contributed by atoms with Crippen molar-refractivity contribution in [3.63, 3.8) is 0 Å². The molecule has 0 saturated carbocycles. The summed E-state index contributed by atoms with van der Waals surface area (Å²) in [5, 5.41) is 8.65. The first-order valence-electron chi connectivity index (χ1n) is 3.75. The molecule has 0 unspecified atom stereocenters. The van der Waals surface area contributed by atoms with Crippen LogP contribution in [0.25, 0.3) is 0 Å². The van der Waals surface area contributed by atoms with E-state index in [2.05, 4.69) is 9.72 Å². The summed E-state index contributed by atoms with van der Waals surface area (Å²) in [5.41, 5.74) is 0.950. The fourth-order valence-corrected chi connectivity index (χ4v) is 1.15. The van der Waals surface area contributed by atoms with Gasteiger partial charge in [0.1, 0.15) is 11.2 Å². The number of nitrogens with zero attached hydrogens (tertiary/aromatic N) is 2. The van der Waals surface area contributed by atoms with Gasteiger partial charge in [0.2, 0.25) is 0 Å². The van der Waals surface area contributed by atoms with Crippen molar-refractivity contribution in [1.82, 2.24) is 4.98 Å². The van der Waals surface area contributed by atoms with Crippen molar-refractivity contribution < 1.29 is 9.53 Å². The van der Waals surface area contributed by atoms with Crippen molar-refractivity contribution in [1.29, 1.82) is 5.26 Å². The summed E-state index contributed by atoms with van der Waals surface area (Å²) in [6.07, 6.45) is 0. The molecule has 0 N–H and O–H groups in total. The molecule has 0 bridgehead atoms. The maximum Gasteiger partial charge on any atom is 0.356 e. The Kier molecular flexibility index (Phi) is 3.05. The standard InChI is InChI=1S/C9H7ClN2O2/c1-5-3-6(4-11)8(10)12-7(5)9(13)14-2/h3H,1-2H3. The first-order chi connectivity index (χ1) is 6.60. The van der Waals surface area contributed by atoms with Gasteiger partial charge in [-0.2, -0.15) is 5.26 Å². The van der Waals surface area contributed by atoms with Crippen LogP contribution in [-0.4, -0.2) is 18.1 Å². The normalized spacial score (nSPS) is 9.29. The minimum absolute atomic E-state index is 0.0125. The lowest BCUT2D eigenvalue weighted by molar-refractivity contribution is 0.0593. The van der Waals surface area contributed by atoms with Crippen LogP contribution < -0.4 is 0 Å². The number of esters is 1. The highest BCUT2D eigenvalue weighted by molar-refractivity contribution is 6.30. The number of halogens is 1. The third kappa shape index (κ3) is 1.83. The van der Waals surface area contributed by atoms with E-state index in [0.29, 0.717) is 5.56 Å². The van der Waals surface area contributed by atoms with Crippen LogP contribution in [0.3, 0.4) is 0 Å². The molecule has 0 saturated heterocycles. The summed E-state index contributed by atoms with van der Waals surface area (Å²) in [6.45, 7) is 1.66. The number of rotatable bonds is 1. The SMILES string of the molecule is COC(=O)c1nc(Cl)c(C#N)cc1C. The van der Waals surface area contributed by atoms with Gasteiger partial charge in [-0.05, 0) is 18.6 Å². The van der Waals surface area contributed by atoms with Crippen molar-refractivity contribution in [2.75, 3.05) is 7.11 Å². The van der Waals surface area contributed by atoms with Crippen molar-refractivity contribution in [2.24, 2.45) is 0 Å². The summed E-state index contributed by atoms with van der Waals surface area (Å²) in [5.74, 6) is -0.561. The summed E-state index contributed by atoms with van der Waals surface area (Å²) >= 11 is 5.66. The van der Waals surface area contributed by atoms with Gasteiger partial charge in [0, 0.05) is 0 Å². The summed E-state index contributed by atoms with van der Waals surface area (Å²) < 4.78 is 4.50. The van der Waals surface area contributed by atoms with Gasteiger partial charge in [0.25, 0.3) is 0 Å². The second-order valence-corrected chi connectivity index (χ2v) is 2.95. The number of pyridine rings is 1. The van der Waals surface area contributed by atoms with Crippen molar-refractivity contribution in [2.45, 2.75) is 6.92 Å². The van der Waals surface area contributed by atoms with Gasteiger partial charge in [-0.25, -0.2) is 9.78 Å². The molecule has 0 aliphatic heterocycles. The highest BCUT2D eigenvalue weighted by Crippen LogP contribution is 2.16. The van der Waals surface area contributed by atoms with Gasteiger partial charge >= 0.3 is 5.97 Å². The molecular formula is C9H7ClN2O2. The quantitative estimate of drug-likeness (QED) is 0.523. The first kappa shape index (κ1) is 10.5. The molecule has 72 valence electrons. The molecule has 0 aliphatic rings. The van der Waals surface area contributed by atoms with Crippen LogP contribution in [0.1, 0.15) is 21.6 Å². The lowest BCUT2D eigenvalue weighted by Gasteiger charge is -2.03. The molecule has 0 fully saturated rings. The second-order valence-electron chi connectivity index (χ2n) is 2.60. The Labute approximate surface area is 86.1 Å². The third-order valence-corrected chi connectivity index (χ3v) is 1.95. The molecule has 4 nitrogen and oxygen atoms in total. The Morgan fingerprint density at radius 1 is 1.71 bits per heavy atom. The predicted octanol–water partition coefficient (Wildman–Crippen LogP) is 1.70. The number of carbonyl (C=O) groups is 1. The second kappa shape index (κ2) is 4.07. The Hall–Kier alpha value is -1.60. The Morgan fingerprint density at radius 2 is 2.36 bits per heavy atom. The van der Waals surface area contributed by atoms with E-state index in [-0.39, 0.29) is 16.4 Å². The smallest absolute Gasteiger partial charge is 0.356 e. The molecular weight excluding hydrogens is 204 g/mol. The van der Waals surface area contributed by atoms with Crippen LogP contribution >= 0.6 is 11.6 Å². The topological polar surface area (TPSA) is 63.0 Å². The van der Waals surface area contributed by atoms with Crippen molar-refractivity contribution >= 4 is 17.6 Å². The molecule has 0 aromatic carbocycles. The van der Waals surface area contributed by atoms with Crippen LogP contribution in [0.2, 0.25) is 5.15 Å². The first-order valence-corrected chi connectivity index (χ1v) is 4.13. The molecule has 1 aromatic rings. The molecule has 0 radical (unpaired) electrons. The van der Waals surface area contributed by atoms with Gasteiger partial charge in [0.15, 0.2) is 5.69 Å². The lowest BCUT2D eigenvalue weighted by Crippen LogP contribution is -2.07. The van der Waals surface area contributed by atoms with E-state index in [1.165, 1.54) is 13.2 Å². The summed E-state index contributed by atoms with van der Waals surface area (Å²) in [6, 6.07) is 3.38. The maximum atomic E-state index is 11.2. The summed E-state index contributed by atoms with van der Waals surface area (Å²) in [7, 11) is 1.26. The van der Waals surface area contributed by atoms with E-state index in [1.54, 1.807) is 6.92 Å². The molecule has 0 aliphatic carbocycles. The fourth-order valence-electron chi connectivity index (χ4n) is 0.973. The van der Waals surface area contributed by atoms with Crippen LogP contribution in [0, 0.1) is 18.3 Å². The number of carbonyl (C=O) groups excluding carboxylic acids is 1. The highest BCUT2D eigenvalue weighted by Gasteiger charge is 2.14. The lowest BCUT2D eigenvalue weighted by atomic mass is 10.1. The molecule has 1 aromatic heterocycles. The van der Waals surface area contributed by atoms with Crippen molar-refractivity contribution in [3.05, 3.63) is 28.0 Å². The molecule has 1 rings (SSSR count). The van der Waals surface area contributed by atoms with Gasteiger partial charge in [0.05, 0.1) is 12.7 Å². The highest BCUT2D eigenvalue weighted by atomic mass is 35.5. The van der Waals surface area contributed by atoms with Crippen LogP contribution in [-0.2, 0) is 4.74 Å².